The first-order chi connectivity index (χ1) is 16.4. The zero-order valence-corrected chi connectivity index (χ0v) is 17.5. The third-order valence-corrected chi connectivity index (χ3v) is 4.99. The van der Waals surface area contributed by atoms with Gasteiger partial charge < -0.3 is 16.2 Å². The van der Waals surface area contributed by atoms with E-state index in [2.05, 4.69) is 15.1 Å². The van der Waals surface area contributed by atoms with Gasteiger partial charge in [0.25, 0.3) is 5.91 Å². The summed E-state index contributed by atoms with van der Waals surface area (Å²) >= 11 is 0. The van der Waals surface area contributed by atoms with Gasteiger partial charge in [-0.1, -0.05) is 0 Å². The molecule has 4 N–H and O–H groups in total. The molecule has 1 amide bonds. The normalized spacial score (nSPS) is 12.7. The van der Waals surface area contributed by atoms with Crippen molar-refractivity contribution in [1.29, 1.82) is 0 Å². The smallest absolute Gasteiger partial charge is 0.382 e. The SMILES string of the molecule is Cc1nn(-c2cc(F)c(NC(=O)[C@H](O)c3cc(F)cc(C(F)(F)F)c3)cc2F)c2c(N)ncnc12. The molecule has 0 bridgehead atoms. The Balaban J connectivity index is 1.66. The van der Waals surface area contributed by atoms with Crippen molar-refractivity contribution in [3.8, 4) is 5.69 Å². The van der Waals surface area contributed by atoms with Crippen LogP contribution < -0.4 is 11.1 Å². The molecule has 0 aliphatic rings. The molecule has 0 unspecified atom stereocenters. The van der Waals surface area contributed by atoms with E-state index in [1.807, 2.05) is 5.32 Å². The second-order valence-corrected chi connectivity index (χ2v) is 7.40. The first-order valence-electron chi connectivity index (χ1n) is 9.68. The van der Waals surface area contributed by atoms with Crippen LogP contribution in [-0.4, -0.2) is 30.8 Å². The highest BCUT2D eigenvalue weighted by Crippen LogP contribution is 2.32. The van der Waals surface area contributed by atoms with E-state index < -0.39 is 58.1 Å². The number of halogens is 6. The van der Waals surface area contributed by atoms with Crippen LogP contribution >= 0.6 is 0 Å². The van der Waals surface area contributed by atoms with E-state index >= 15 is 0 Å². The van der Waals surface area contributed by atoms with Crippen molar-refractivity contribution >= 4 is 28.4 Å². The predicted molar refractivity (Wildman–Crippen MR) is 111 cm³/mol. The minimum atomic E-state index is -4.94. The van der Waals surface area contributed by atoms with Crippen molar-refractivity contribution in [2.75, 3.05) is 11.1 Å². The monoisotopic (exact) mass is 496 g/mol. The van der Waals surface area contributed by atoms with E-state index in [4.69, 9.17) is 5.73 Å². The highest BCUT2D eigenvalue weighted by atomic mass is 19.4. The molecule has 0 fully saturated rings. The van der Waals surface area contributed by atoms with Crippen molar-refractivity contribution in [2.45, 2.75) is 19.2 Å². The number of nitrogen functional groups attached to an aromatic ring is 1. The Morgan fingerprint density at radius 1 is 1.09 bits per heavy atom. The van der Waals surface area contributed by atoms with Crippen LogP contribution in [-0.2, 0) is 11.0 Å². The number of carbonyl (C=O) groups is 1. The minimum absolute atomic E-state index is 0.0516. The number of fused-ring (bicyclic) bond motifs is 1. The number of carbonyl (C=O) groups excluding carboxylic acids is 1. The van der Waals surface area contributed by atoms with Gasteiger partial charge in [0.2, 0.25) is 0 Å². The number of amides is 1. The number of rotatable bonds is 4. The average molecular weight is 496 g/mol. The quantitative estimate of drug-likeness (QED) is 0.370. The Hall–Kier alpha value is -4.20. The molecule has 35 heavy (non-hydrogen) atoms. The van der Waals surface area contributed by atoms with Crippen LogP contribution in [0.25, 0.3) is 16.7 Å². The summed E-state index contributed by atoms with van der Waals surface area (Å²) in [4.78, 5) is 20.1. The fourth-order valence-corrected chi connectivity index (χ4v) is 3.37. The van der Waals surface area contributed by atoms with Crippen LogP contribution in [0.4, 0.5) is 37.8 Å². The first kappa shape index (κ1) is 23.9. The van der Waals surface area contributed by atoms with Crippen LogP contribution in [0.15, 0.2) is 36.7 Å². The van der Waals surface area contributed by atoms with E-state index in [1.54, 1.807) is 6.92 Å². The van der Waals surface area contributed by atoms with Gasteiger partial charge in [0.15, 0.2) is 17.7 Å². The number of anilines is 2. The van der Waals surface area contributed by atoms with E-state index in [-0.39, 0.29) is 17.4 Å². The van der Waals surface area contributed by atoms with Gasteiger partial charge in [0.05, 0.1) is 16.9 Å². The number of aryl methyl sites for hydroxylation is 1. The molecular formula is C21H14F6N6O2. The molecule has 0 spiro atoms. The van der Waals surface area contributed by atoms with Gasteiger partial charge in [-0.3, -0.25) is 4.79 Å². The molecule has 182 valence electrons. The summed E-state index contributed by atoms with van der Waals surface area (Å²) in [6.07, 6.45) is -6.08. The molecule has 0 radical (unpaired) electrons. The van der Waals surface area contributed by atoms with E-state index in [0.717, 1.165) is 4.68 Å². The van der Waals surface area contributed by atoms with Gasteiger partial charge in [-0.05, 0) is 30.7 Å². The first-order valence-corrected chi connectivity index (χ1v) is 9.68. The van der Waals surface area contributed by atoms with Gasteiger partial charge >= 0.3 is 6.18 Å². The summed E-state index contributed by atoms with van der Waals surface area (Å²) in [5, 5.41) is 16.1. The lowest BCUT2D eigenvalue weighted by Gasteiger charge is -2.15. The Kier molecular flexibility index (Phi) is 5.84. The number of aliphatic hydroxyl groups excluding tert-OH is 1. The van der Waals surface area contributed by atoms with Gasteiger partial charge in [0, 0.05) is 12.1 Å². The molecule has 0 saturated heterocycles. The number of nitrogens with two attached hydrogens (primary N) is 1. The maximum atomic E-state index is 14.9. The number of aliphatic hydroxyl groups is 1. The molecule has 4 aromatic rings. The number of hydrogen-bond donors (Lipinski definition) is 3. The Morgan fingerprint density at radius 3 is 2.49 bits per heavy atom. The summed E-state index contributed by atoms with van der Waals surface area (Å²) in [7, 11) is 0. The Labute approximate surface area is 192 Å². The molecule has 4 rings (SSSR count). The summed E-state index contributed by atoms with van der Waals surface area (Å²) in [5.41, 5.74) is 3.27. The van der Waals surface area contributed by atoms with Gasteiger partial charge in [-0.25, -0.2) is 27.8 Å². The summed E-state index contributed by atoms with van der Waals surface area (Å²) in [6, 6.07) is 2.31. The van der Waals surface area contributed by atoms with Crippen molar-refractivity contribution in [1.82, 2.24) is 19.7 Å². The van der Waals surface area contributed by atoms with Crippen molar-refractivity contribution < 1.29 is 36.2 Å². The molecule has 1 atom stereocenters. The standard InChI is InChI=1S/C21H14F6N6O2/c1-8-16-17(19(28)30-7-29-16)33(32-8)15-6-12(23)14(5-13(15)24)31-20(35)18(34)9-2-10(21(25,26)27)4-11(22)3-9/h2-7,18,34H,1H3,(H,31,35)(H2,28,29,30)/t18-/m1/s1. The summed E-state index contributed by atoms with van der Waals surface area (Å²) < 4.78 is 82.9. The molecule has 2 heterocycles. The van der Waals surface area contributed by atoms with Crippen LogP contribution in [0.2, 0.25) is 0 Å². The lowest BCUT2D eigenvalue weighted by Crippen LogP contribution is -2.22. The zero-order valence-electron chi connectivity index (χ0n) is 17.5. The number of benzene rings is 2. The molecule has 0 saturated carbocycles. The molecular weight excluding hydrogens is 482 g/mol. The second kappa shape index (κ2) is 8.54. The third kappa shape index (κ3) is 4.47. The zero-order chi connectivity index (χ0) is 25.7. The predicted octanol–water partition coefficient (Wildman–Crippen LogP) is 3.81. The van der Waals surface area contributed by atoms with Crippen LogP contribution in [0.1, 0.15) is 22.9 Å². The maximum absolute atomic E-state index is 14.9. The fourth-order valence-electron chi connectivity index (χ4n) is 3.37. The lowest BCUT2D eigenvalue weighted by atomic mass is 10.0. The van der Waals surface area contributed by atoms with Gasteiger partial charge in [-0.2, -0.15) is 18.3 Å². The molecule has 8 nitrogen and oxygen atoms in total. The summed E-state index contributed by atoms with van der Waals surface area (Å²) in [6.45, 7) is 1.56. The largest absolute Gasteiger partial charge is 0.416 e. The van der Waals surface area contributed by atoms with Crippen molar-refractivity contribution in [3.63, 3.8) is 0 Å². The fraction of sp³-hybridized carbons (Fsp3) is 0.143. The van der Waals surface area contributed by atoms with Crippen LogP contribution in [0.5, 0.6) is 0 Å². The molecule has 14 heteroatoms. The molecule has 2 aromatic carbocycles. The van der Waals surface area contributed by atoms with Crippen molar-refractivity contribution in [2.24, 2.45) is 0 Å². The maximum Gasteiger partial charge on any atom is 0.416 e. The lowest BCUT2D eigenvalue weighted by molar-refractivity contribution is -0.138. The Morgan fingerprint density at radius 2 is 1.80 bits per heavy atom. The number of aromatic nitrogens is 4. The minimum Gasteiger partial charge on any atom is -0.382 e. The van der Waals surface area contributed by atoms with E-state index in [9.17, 15) is 36.2 Å². The Bertz CT molecular complexity index is 1470. The second-order valence-electron chi connectivity index (χ2n) is 7.40. The highest BCUT2D eigenvalue weighted by molar-refractivity contribution is 5.95. The molecule has 2 aromatic heterocycles. The van der Waals surface area contributed by atoms with Crippen LogP contribution in [0.3, 0.4) is 0 Å². The van der Waals surface area contributed by atoms with Gasteiger partial charge in [-0.15, -0.1) is 0 Å². The molecule has 0 aliphatic heterocycles. The third-order valence-electron chi connectivity index (χ3n) is 4.99. The topological polar surface area (TPSA) is 119 Å². The van der Waals surface area contributed by atoms with Crippen molar-refractivity contribution in [3.05, 3.63) is 70.9 Å². The molecule has 0 aliphatic carbocycles. The average Bonchev–Trinajstić information content (AvgIpc) is 3.12. The van der Waals surface area contributed by atoms with E-state index in [0.29, 0.717) is 35.5 Å². The summed E-state index contributed by atoms with van der Waals surface area (Å²) in [5.74, 6) is -5.08. The number of hydrogen-bond acceptors (Lipinski definition) is 6. The number of nitrogens with one attached hydrogen (secondary N) is 1. The van der Waals surface area contributed by atoms with Crippen LogP contribution in [0, 0.1) is 24.4 Å². The van der Waals surface area contributed by atoms with E-state index in [1.165, 1.54) is 6.33 Å². The number of nitrogens with zero attached hydrogens (tertiary/aromatic N) is 4. The number of alkyl halides is 3. The highest BCUT2D eigenvalue weighted by Gasteiger charge is 2.33. The van der Waals surface area contributed by atoms with Gasteiger partial charge in [0.1, 0.15) is 34.7 Å².